The number of thioether (sulfide) groups is 1. The summed E-state index contributed by atoms with van der Waals surface area (Å²) in [5.74, 6) is 0. The lowest BCUT2D eigenvalue weighted by Crippen LogP contribution is -1.99. The van der Waals surface area contributed by atoms with Crippen molar-refractivity contribution in [2.75, 3.05) is 11.6 Å². The van der Waals surface area contributed by atoms with Gasteiger partial charge in [-0.3, -0.25) is 0 Å². The molecule has 2 aromatic carbocycles. The van der Waals surface area contributed by atoms with Crippen LogP contribution in [0.15, 0.2) is 53.4 Å². The van der Waals surface area contributed by atoms with Gasteiger partial charge in [0.25, 0.3) is 0 Å². The summed E-state index contributed by atoms with van der Waals surface area (Å²) in [6.07, 6.45) is 3.19. The first kappa shape index (κ1) is 13.0. The van der Waals surface area contributed by atoms with Gasteiger partial charge in [0.05, 0.1) is 0 Å². The van der Waals surface area contributed by atoms with Gasteiger partial charge in [-0.15, -0.1) is 11.8 Å². The molecule has 1 nitrogen and oxygen atoms in total. The normalized spacial score (nSPS) is 10.3. The maximum atomic E-state index is 3.44. The Bertz CT molecular complexity index is 426. The zero-order valence-corrected chi connectivity index (χ0v) is 11.8. The molecule has 0 saturated carbocycles. The lowest BCUT2D eigenvalue weighted by molar-refractivity contribution is 1.12. The first-order chi connectivity index (χ1) is 8.81. The van der Waals surface area contributed by atoms with Crippen LogP contribution >= 0.6 is 11.8 Å². The van der Waals surface area contributed by atoms with E-state index in [9.17, 15) is 0 Å². The van der Waals surface area contributed by atoms with E-state index in [0.717, 1.165) is 13.0 Å². The van der Waals surface area contributed by atoms with E-state index in [0.29, 0.717) is 0 Å². The molecule has 2 rings (SSSR count). The largest absolute Gasteiger partial charge is 0.381 e. The van der Waals surface area contributed by atoms with Gasteiger partial charge in [-0.1, -0.05) is 31.2 Å². The molecule has 0 aliphatic heterocycles. The molecular formula is C16H19NS. The van der Waals surface area contributed by atoms with Crippen molar-refractivity contribution in [2.45, 2.75) is 24.8 Å². The second kappa shape index (κ2) is 6.50. The average Bonchev–Trinajstić information content (AvgIpc) is 2.46. The predicted molar refractivity (Wildman–Crippen MR) is 81.4 cm³/mol. The lowest BCUT2D eigenvalue weighted by Gasteiger charge is -2.07. The van der Waals surface area contributed by atoms with Crippen LogP contribution in [0.5, 0.6) is 0 Å². The molecule has 0 radical (unpaired) electrons. The van der Waals surface area contributed by atoms with Gasteiger partial charge >= 0.3 is 0 Å². The summed E-state index contributed by atoms with van der Waals surface area (Å²) >= 11 is 1.78. The molecule has 0 heterocycles. The highest BCUT2D eigenvalue weighted by molar-refractivity contribution is 7.98. The highest BCUT2D eigenvalue weighted by atomic mass is 32.2. The Hall–Kier alpha value is -1.41. The third kappa shape index (κ3) is 3.54. The van der Waals surface area contributed by atoms with E-state index in [4.69, 9.17) is 0 Å². The molecule has 0 fully saturated rings. The minimum Gasteiger partial charge on any atom is -0.381 e. The van der Waals surface area contributed by atoms with Gasteiger partial charge in [0, 0.05) is 17.1 Å². The third-order valence-corrected chi connectivity index (χ3v) is 3.76. The van der Waals surface area contributed by atoms with Gasteiger partial charge in [0.1, 0.15) is 0 Å². The Morgan fingerprint density at radius 3 is 2.06 bits per heavy atom. The Kier molecular flexibility index (Phi) is 4.71. The quantitative estimate of drug-likeness (QED) is 0.787. The van der Waals surface area contributed by atoms with E-state index in [2.05, 4.69) is 67.0 Å². The van der Waals surface area contributed by atoms with Gasteiger partial charge in [-0.05, 0) is 48.1 Å². The Balaban J connectivity index is 1.93. The molecule has 94 valence electrons. The van der Waals surface area contributed by atoms with E-state index in [-0.39, 0.29) is 0 Å². The molecule has 0 aromatic heterocycles. The van der Waals surface area contributed by atoms with Crippen LogP contribution in [-0.4, -0.2) is 6.26 Å². The Morgan fingerprint density at radius 1 is 0.889 bits per heavy atom. The predicted octanol–water partition coefficient (Wildman–Crippen LogP) is 4.58. The van der Waals surface area contributed by atoms with Crippen molar-refractivity contribution in [1.29, 1.82) is 0 Å². The highest BCUT2D eigenvalue weighted by Gasteiger charge is 1.95. The molecule has 0 bridgehead atoms. The maximum absolute atomic E-state index is 3.44. The summed E-state index contributed by atoms with van der Waals surface area (Å²) in [4.78, 5) is 1.31. The average molecular weight is 257 g/mol. The monoisotopic (exact) mass is 257 g/mol. The van der Waals surface area contributed by atoms with Gasteiger partial charge < -0.3 is 5.32 Å². The van der Waals surface area contributed by atoms with E-state index >= 15 is 0 Å². The van der Waals surface area contributed by atoms with Gasteiger partial charge in [-0.25, -0.2) is 0 Å². The standard InChI is InChI=1S/C16H19NS/c1-3-13-4-8-15(9-5-13)17-12-14-6-10-16(18-2)11-7-14/h4-11,17H,3,12H2,1-2H3. The molecule has 0 atom stereocenters. The van der Waals surface area contributed by atoms with E-state index < -0.39 is 0 Å². The summed E-state index contributed by atoms with van der Waals surface area (Å²) in [5, 5.41) is 3.44. The first-order valence-electron chi connectivity index (χ1n) is 6.27. The zero-order valence-electron chi connectivity index (χ0n) is 10.9. The summed E-state index contributed by atoms with van der Waals surface area (Å²) < 4.78 is 0. The molecule has 2 aromatic rings. The third-order valence-electron chi connectivity index (χ3n) is 3.02. The summed E-state index contributed by atoms with van der Waals surface area (Å²) in [5.41, 5.74) is 3.87. The van der Waals surface area contributed by atoms with E-state index in [1.807, 2.05) is 0 Å². The summed E-state index contributed by atoms with van der Waals surface area (Å²) in [6, 6.07) is 17.4. The van der Waals surface area contributed by atoms with Crippen molar-refractivity contribution < 1.29 is 0 Å². The summed E-state index contributed by atoms with van der Waals surface area (Å²) in [6.45, 7) is 3.05. The fraction of sp³-hybridized carbons (Fsp3) is 0.250. The Labute approximate surface area is 114 Å². The molecule has 2 heteroatoms. The first-order valence-corrected chi connectivity index (χ1v) is 7.50. The van der Waals surface area contributed by atoms with E-state index in [1.54, 1.807) is 11.8 Å². The molecule has 1 N–H and O–H groups in total. The number of hydrogen-bond acceptors (Lipinski definition) is 2. The van der Waals surface area contributed by atoms with Crippen molar-refractivity contribution in [1.82, 2.24) is 0 Å². The second-order valence-corrected chi connectivity index (χ2v) is 5.13. The number of anilines is 1. The molecule has 0 unspecified atom stereocenters. The molecule has 0 aliphatic carbocycles. The van der Waals surface area contributed by atoms with Gasteiger partial charge in [0.2, 0.25) is 0 Å². The van der Waals surface area contributed by atoms with Crippen LogP contribution in [0.25, 0.3) is 0 Å². The van der Waals surface area contributed by atoms with Crippen LogP contribution in [-0.2, 0) is 13.0 Å². The summed E-state index contributed by atoms with van der Waals surface area (Å²) in [7, 11) is 0. The van der Waals surface area contributed by atoms with Crippen molar-refractivity contribution in [3.63, 3.8) is 0 Å². The zero-order chi connectivity index (χ0) is 12.8. The van der Waals surface area contributed by atoms with Crippen molar-refractivity contribution in [3.05, 3.63) is 59.7 Å². The van der Waals surface area contributed by atoms with Crippen molar-refractivity contribution in [3.8, 4) is 0 Å². The smallest absolute Gasteiger partial charge is 0.0400 e. The second-order valence-electron chi connectivity index (χ2n) is 4.25. The topological polar surface area (TPSA) is 12.0 Å². The van der Waals surface area contributed by atoms with Gasteiger partial charge in [-0.2, -0.15) is 0 Å². The fourth-order valence-corrected chi connectivity index (χ4v) is 2.21. The fourth-order valence-electron chi connectivity index (χ4n) is 1.81. The van der Waals surface area contributed by atoms with Crippen LogP contribution < -0.4 is 5.32 Å². The molecule has 0 amide bonds. The number of hydrogen-bond donors (Lipinski definition) is 1. The minimum atomic E-state index is 0.875. The van der Waals surface area contributed by atoms with Crippen LogP contribution in [0.2, 0.25) is 0 Å². The van der Waals surface area contributed by atoms with Crippen molar-refractivity contribution in [2.24, 2.45) is 0 Å². The van der Waals surface area contributed by atoms with Crippen LogP contribution in [0.3, 0.4) is 0 Å². The van der Waals surface area contributed by atoms with E-state index in [1.165, 1.54) is 21.7 Å². The molecule has 18 heavy (non-hydrogen) atoms. The van der Waals surface area contributed by atoms with Gasteiger partial charge in [0.15, 0.2) is 0 Å². The Morgan fingerprint density at radius 2 is 1.50 bits per heavy atom. The SMILES string of the molecule is CCc1ccc(NCc2ccc(SC)cc2)cc1. The minimum absolute atomic E-state index is 0.875. The highest BCUT2D eigenvalue weighted by Crippen LogP contribution is 2.16. The van der Waals surface area contributed by atoms with Crippen LogP contribution in [0, 0.1) is 0 Å². The maximum Gasteiger partial charge on any atom is 0.0400 e. The number of aryl methyl sites for hydroxylation is 1. The lowest BCUT2D eigenvalue weighted by atomic mass is 10.1. The molecule has 0 aliphatic rings. The number of benzene rings is 2. The number of rotatable bonds is 5. The molecule has 0 spiro atoms. The van der Waals surface area contributed by atoms with Crippen LogP contribution in [0.1, 0.15) is 18.1 Å². The van der Waals surface area contributed by atoms with Crippen molar-refractivity contribution >= 4 is 17.4 Å². The molecular weight excluding hydrogens is 238 g/mol. The molecule has 0 saturated heterocycles. The number of nitrogens with one attached hydrogen (secondary N) is 1. The van der Waals surface area contributed by atoms with Crippen LogP contribution in [0.4, 0.5) is 5.69 Å².